The molecule has 0 bridgehead atoms. The molecule has 0 rings (SSSR count). The van der Waals surface area contributed by atoms with E-state index in [1.54, 1.807) is 0 Å². The molecule has 6 N–H and O–H groups in total. The van der Waals surface area contributed by atoms with E-state index in [1.165, 1.54) is 0 Å². The number of aliphatic hydroxyl groups excluding tert-OH is 2. The standard InChI is InChI=1S/C12H28N2O2/c13-9-2-1-5-11(15)6-3-7-12(16)8-4-10-14/h11-12,15-16H,1-10,13-14H2. The largest absolute Gasteiger partial charge is 0.393 e. The number of nitrogens with two attached hydrogens (primary N) is 2. The Hall–Kier alpha value is -0.160. The first-order valence-corrected chi connectivity index (χ1v) is 6.47. The SMILES string of the molecule is NCCCCC(O)CCCC(O)CCCN. The lowest BCUT2D eigenvalue weighted by atomic mass is 10.0. The fraction of sp³-hybridized carbons (Fsp3) is 1.00. The third-order valence-corrected chi connectivity index (χ3v) is 2.81. The summed E-state index contributed by atoms with van der Waals surface area (Å²) in [6.45, 7) is 1.34. The molecule has 0 aromatic rings. The highest BCUT2D eigenvalue weighted by molar-refractivity contribution is 4.61. The van der Waals surface area contributed by atoms with Crippen LogP contribution >= 0.6 is 0 Å². The minimum absolute atomic E-state index is 0.228. The third kappa shape index (κ3) is 10.4. The first-order valence-electron chi connectivity index (χ1n) is 6.47. The summed E-state index contributed by atoms with van der Waals surface area (Å²) in [7, 11) is 0. The molecule has 2 unspecified atom stereocenters. The lowest BCUT2D eigenvalue weighted by Gasteiger charge is -2.12. The fourth-order valence-corrected chi connectivity index (χ4v) is 1.76. The van der Waals surface area contributed by atoms with Gasteiger partial charge < -0.3 is 21.7 Å². The maximum Gasteiger partial charge on any atom is 0.0540 e. The molecule has 0 heterocycles. The van der Waals surface area contributed by atoms with Gasteiger partial charge >= 0.3 is 0 Å². The second kappa shape index (κ2) is 11.3. The molecule has 0 aliphatic carbocycles. The van der Waals surface area contributed by atoms with E-state index < -0.39 is 0 Å². The third-order valence-electron chi connectivity index (χ3n) is 2.81. The highest BCUT2D eigenvalue weighted by Crippen LogP contribution is 2.11. The van der Waals surface area contributed by atoms with Crippen LogP contribution in [0.3, 0.4) is 0 Å². The predicted molar refractivity (Wildman–Crippen MR) is 67.1 cm³/mol. The van der Waals surface area contributed by atoms with Crippen LogP contribution in [0.1, 0.15) is 51.4 Å². The van der Waals surface area contributed by atoms with Crippen molar-refractivity contribution in [2.24, 2.45) is 11.5 Å². The molecule has 98 valence electrons. The van der Waals surface area contributed by atoms with Gasteiger partial charge in [0, 0.05) is 0 Å². The monoisotopic (exact) mass is 232 g/mol. The first kappa shape index (κ1) is 15.8. The molecule has 0 saturated carbocycles. The van der Waals surface area contributed by atoms with Gasteiger partial charge in [0.15, 0.2) is 0 Å². The van der Waals surface area contributed by atoms with Gasteiger partial charge in [-0.05, 0) is 64.5 Å². The summed E-state index contributed by atoms with van der Waals surface area (Å²) < 4.78 is 0. The van der Waals surface area contributed by atoms with Gasteiger partial charge in [0.2, 0.25) is 0 Å². The Morgan fingerprint density at radius 1 is 0.625 bits per heavy atom. The maximum absolute atomic E-state index is 9.62. The Morgan fingerprint density at radius 3 is 1.56 bits per heavy atom. The molecular weight excluding hydrogens is 204 g/mol. The van der Waals surface area contributed by atoms with Crippen molar-refractivity contribution in [3.05, 3.63) is 0 Å². The van der Waals surface area contributed by atoms with Crippen LogP contribution in [-0.4, -0.2) is 35.5 Å². The van der Waals surface area contributed by atoms with Crippen molar-refractivity contribution in [3.8, 4) is 0 Å². The Balaban J connectivity index is 3.28. The summed E-state index contributed by atoms with van der Waals surface area (Å²) in [5.74, 6) is 0. The second-order valence-electron chi connectivity index (χ2n) is 4.45. The predicted octanol–water partition coefficient (Wildman–Crippen LogP) is 0.746. The molecule has 4 heteroatoms. The van der Waals surface area contributed by atoms with Crippen molar-refractivity contribution < 1.29 is 10.2 Å². The van der Waals surface area contributed by atoms with Crippen molar-refractivity contribution in [1.82, 2.24) is 0 Å². The summed E-state index contributed by atoms with van der Waals surface area (Å²) in [4.78, 5) is 0. The van der Waals surface area contributed by atoms with E-state index in [0.29, 0.717) is 13.1 Å². The highest BCUT2D eigenvalue weighted by Gasteiger charge is 2.07. The summed E-state index contributed by atoms with van der Waals surface area (Å²) >= 11 is 0. The second-order valence-corrected chi connectivity index (χ2v) is 4.45. The van der Waals surface area contributed by atoms with E-state index in [1.807, 2.05) is 0 Å². The van der Waals surface area contributed by atoms with Crippen LogP contribution in [0.25, 0.3) is 0 Å². The molecule has 0 saturated heterocycles. The zero-order chi connectivity index (χ0) is 12.2. The van der Waals surface area contributed by atoms with Crippen LogP contribution in [0.5, 0.6) is 0 Å². The molecule has 0 aliphatic rings. The zero-order valence-corrected chi connectivity index (χ0v) is 10.3. The van der Waals surface area contributed by atoms with E-state index >= 15 is 0 Å². The van der Waals surface area contributed by atoms with Crippen LogP contribution in [0, 0.1) is 0 Å². The van der Waals surface area contributed by atoms with E-state index in [0.717, 1.165) is 51.4 Å². The van der Waals surface area contributed by atoms with E-state index in [-0.39, 0.29) is 12.2 Å². The van der Waals surface area contributed by atoms with Crippen molar-refractivity contribution in [1.29, 1.82) is 0 Å². The smallest absolute Gasteiger partial charge is 0.0540 e. The van der Waals surface area contributed by atoms with Crippen LogP contribution in [0.15, 0.2) is 0 Å². The molecule has 0 aliphatic heterocycles. The topological polar surface area (TPSA) is 92.5 Å². The van der Waals surface area contributed by atoms with Gasteiger partial charge in [0.05, 0.1) is 12.2 Å². The lowest BCUT2D eigenvalue weighted by Crippen LogP contribution is -2.12. The zero-order valence-electron chi connectivity index (χ0n) is 10.3. The Labute approximate surface area is 99.0 Å². The summed E-state index contributed by atoms with van der Waals surface area (Å²) in [5.41, 5.74) is 10.7. The van der Waals surface area contributed by atoms with E-state index in [9.17, 15) is 10.2 Å². The van der Waals surface area contributed by atoms with Crippen molar-refractivity contribution in [3.63, 3.8) is 0 Å². The molecule has 0 radical (unpaired) electrons. The van der Waals surface area contributed by atoms with E-state index in [2.05, 4.69) is 0 Å². The number of aliphatic hydroxyl groups is 2. The van der Waals surface area contributed by atoms with Gasteiger partial charge in [0.25, 0.3) is 0 Å². The first-order chi connectivity index (χ1) is 7.70. The van der Waals surface area contributed by atoms with Crippen LogP contribution < -0.4 is 11.5 Å². The Bertz CT molecular complexity index is 145. The summed E-state index contributed by atoms with van der Waals surface area (Å²) in [5, 5.41) is 19.2. The van der Waals surface area contributed by atoms with Gasteiger partial charge in [-0.1, -0.05) is 0 Å². The minimum Gasteiger partial charge on any atom is -0.393 e. The molecule has 0 amide bonds. The van der Waals surface area contributed by atoms with Gasteiger partial charge in [-0.3, -0.25) is 0 Å². The molecule has 4 nitrogen and oxygen atoms in total. The van der Waals surface area contributed by atoms with Crippen LogP contribution in [0.4, 0.5) is 0 Å². The van der Waals surface area contributed by atoms with Crippen molar-refractivity contribution in [2.75, 3.05) is 13.1 Å². The normalized spacial score (nSPS) is 15.0. The average molecular weight is 232 g/mol. The average Bonchev–Trinajstić information content (AvgIpc) is 2.26. The number of hydrogen-bond acceptors (Lipinski definition) is 4. The molecule has 0 aromatic heterocycles. The maximum atomic E-state index is 9.62. The van der Waals surface area contributed by atoms with Gasteiger partial charge in [-0.15, -0.1) is 0 Å². The Kier molecular flexibility index (Phi) is 11.2. The molecule has 16 heavy (non-hydrogen) atoms. The van der Waals surface area contributed by atoms with Crippen molar-refractivity contribution >= 4 is 0 Å². The minimum atomic E-state index is -0.250. The number of rotatable bonds is 11. The number of unbranched alkanes of at least 4 members (excludes halogenated alkanes) is 1. The molecule has 0 aromatic carbocycles. The van der Waals surface area contributed by atoms with Gasteiger partial charge in [-0.2, -0.15) is 0 Å². The van der Waals surface area contributed by atoms with Crippen LogP contribution in [0.2, 0.25) is 0 Å². The van der Waals surface area contributed by atoms with E-state index in [4.69, 9.17) is 11.5 Å². The molecule has 2 atom stereocenters. The number of hydrogen-bond donors (Lipinski definition) is 4. The Morgan fingerprint density at radius 2 is 1.06 bits per heavy atom. The van der Waals surface area contributed by atoms with Gasteiger partial charge in [0.1, 0.15) is 0 Å². The summed E-state index contributed by atoms with van der Waals surface area (Å²) in [6, 6.07) is 0. The lowest BCUT2D eigenvalue weighted by molar-refractivity contribution is 0.122. The molecular formula is C12H28N2O2. The molecule has 0 spiro atoms. The summed E-state index contributed by atoms with van der Waals surface area (Å²) in [6.07, 6.45) is 6.42. The van der Waals surface area contributed by atoms with Crippen molar-refractivity contribution in [2.45, 2.75) is 63.6 Å². The van der Waals surface area contributed by atoms with Gasteiger partial charge in [-0.25, -0.2) is 0 Å². The quantitative estimate of drug-likeness (QED) is 0.395. The fourth-order valence-electron chi connectivity index (χ4n) is 1.76. The molecule has 0 fully saturated rings. The highest BCUT2D eigenvalue weighted by atomic mass is 16.3. The van der Waals surface area contributed by atoms with Crippen LogP contribution in [-0.2, 0) is 0 Å².